The Balaban J connectivity index is 5.24. The van der Waals surface area contributed by atoms with Crippen molar-refractivity contribution < 1.29 is 80.2 Å². The van der Waals surface area contributed by atoms with Crippen molar-refractivity contribution in [2.24, 2.45) is 11.8 Å². The lowest BCUT2D eigenvalue weighted by Gasteiger charge is -2.21. The third kappa shape index (κ3) is 76.1. The number of phosphoric ester groups is 2. The largest absolute Gasteiger partial charge is 0.472 e. The van der Waals surface area contributed by atoms with Crippen LogP contribution in [0.2, 0.25) is 0 Å². The summed E-state index contributed by atoms with van der Waals surface area (Å²) in [5.41, 5.74) is 0. The molecule has 2 unspecified atom stereocenters. The Kier molecular flexibility index (Phi) is 72.2. The number of aliphatic hydroxyl groups excluding tert-OH is 1. The molecule has 0 aliphatic rings. The SMILES string of the molecule is CCCCCCCCCCCCCCCCCCCCCCC(=O)O[C@H](COC(=O)CCCCCCCCCCCCCCCCC(C)C)COP(=O)(O)OC[C@@H](O)COP(=O)(O)OC[C@@H](COC(=O)CCCCCCCCCCC(C)C)OC(=O)CCCCCCCCCCCCCCC. The van der Waals surface area contributed by atoms with Crippen LogP contribution in [-0.2, 0) is 65.4 Å². The molecule has 101 heavy (non-hydrogen) atoms. The normalized spacial score (nSPS) is 13.9. The van der Waals surface area contributed by atoms with E-state index in [4.69, 9.17) is 37.0 Å². The molecular weight excluding hydrogens is 1320 g/mol. The highest BCUT2D eigenvalue weighted by atomic mass is 31.2. The Hall–Kier alpha value is -1.94. The number of carbonyl (C=O) groups excluding carboxylic acids is 4. The van der Waals surface area contributed by atoms with Gasteiger partial charge < -0.3 is 33.8 Å². The molecule has 0 aromatic carbocycles. The van der Waals surface area contributed by atoms with Crippen molar-refractivity contribution in [2.75, 3.05) is 39.6 Å². The standard InChI is InChI=1S/C82H160O17P2/c1-7-9-11-13-15-17-19-21-22-23-24-25-26-27-33-37-41-49-55-61-67-82(87)98-77(70-92-79(84)64-58-52-46-39-35-32-29-28-31-34-38-44-50-56-62-74(3)4)72-96-100(88,89)94-68-76(83)69-95-101(90,91)97-73-78(71-93-80(85)65-59-53-47-43-42-45-51-57-63-75(5)6)99-81(86)66-60-54-48-40-36-30-20-18-16-14-12-10-8-2/h74-78,83H,7-73H2,1-6H3,(H,88,89)(H,90,91)/t76-,77-,78-/m1/s1. The molecule has 0 fully saturated rings. The minimum atomic E-state index is -4.96. The molecule has 0 heterocycles. The topological polar surface area (TPSA) is 237 Å². The molecule has 0 aromatic heterocycles. The average Bonchev–Trinajstić information content (AvgIpc) is 0.964. The van der Waals surface area contributed by atoms with E-state index in [0.29, 0.717) is 25.7 Å². The highest BCUT2D eigenvalue weighted by molar-refractivity contribution is 7.47. The van der Waals surface area contributed by atoms with Crippen LogP contribution in [0, 0.1) is 11.8 Å². The van der Waals surface area contributed by atoms with E-state index in [2.05, 4.69) is 41.5 Å². The number of hydrogen-bond acceptors (Lipinski definition) is 15. The van der Waals surface area contributed by atoms with E-state index in [1.807, 2.05) is 0 Å². The van der Waals surface area contributed by atoms with Gasteiger partial charge in [0.2, 0.25) is 0 Å². The van der Waals surface area contributed by atoms with Gasteiger partial charge in [0.1, 0.15) is 19.3 Å². The van der Waals surface area contributed by atoms with Crippen LogP contribution >= 0.6 is 15.6 Å². The summed E-state index contributed by atoms with van der Waals surface area (Å²) in [4.78, 5) is 73.1. The number of ether oxygens (including phenoxy) is 4. The molecule has 0 rings (SSSR count). The van der Waals surface area contributed by atoms with E-state index in [0.717, 1.165) is 102 Å². The van der Waals surface area contributed by atoms with Gasteiger partial charge in [-0.3, -0.25) is 37.3 Å². The van der Waals surface area contributed by atoms with Crippen LogP contribution in [0.4, 0.5) is 0 Å². The number of unbranched alkanes of at least 4 members (excludes halogenated alkanes) is 51. The summed E-state index contributed by atoms with van der Waals surface area (Å²) in [5, 5.41) is 10.6. The van der Waals surface area contributed by atoms with Gasteiger partial charge in [0.25, 0.3) is 0 Å². The minimum absolute atomic E-state index is 0.107. The zero-order chi connectivity index (χ0) is 74.2. The van der Waals surface area contributed by atoms with E-state index < -0.39 is 97.5 Å². The van der Waals surface area contributed by atoms with Gasteiger partial charge in [0.15, 0.2) is 12.2 Å². The molecule has 17 nitrogen and oxygen atoms in total. The number of hydrogen-bond donors (Lipinski definition) is 3. The summed E-state index contributed by atoms with van der Waals surface area (Å²) < 4.78 is 68.8. The van der Waals surface area contributed by atoms with Crippen molar-refractivity contribution in [1.82, 2.24) is 0 Å². The van der Waals surface area contributed by atoms with Gasteiger partial charge in [-0.1, -0.05) is 382 Å². The van der Waals surface area contributed by atoms with Crippen LogP contribution in [0.5, 0.6) is 0 Å². The summed E-state index contributed by atoms with van der Waals surface area (Å²) in [5.74, 6) is -0.581. The maximum absolute atomic E-state index is 13.1. The highest BCUT2D eigenvalue weighted by Gasteiger charge is 2.30. The molecule has 0 saturated carbocycles. The van der Waals surface area contributed by atoms with Crippen LogP contribution in [-0.4, -0.2) is 96.7 Å². The van der Waals surface area contributed by atoms with Crippen LogP contribution in [0.15, 0.2) is 0 Å². The molecule has 0 aliphatic heterocycles. The number of esters is 4. The van der Waals surface area contributed by atoms with Crippen molar-refractivity contribution in [2.45, 2.75) is 452 Å². The lowest BCUT2D eigenvalue weighted by molar-refractivity contribution is -0.161. The van der Waals surface area contributed by atoms with Gasteiger partial charge in [-0.2, -0.15) is 0 Å². The van der Waals surface area contributed by atoms with E-state index in [9.17, 15) is 43.2 Å². The van der Waals surface area contributed by atoms with Gasteiger partial charge in [-0.25, -0.2) is 9.13 Å². The predicted molar refractivity (Wildman–Crippen MR) is 414 cm³/mol. The number of aliphatic hydroxyl groups is 1. The fraction of sp³-hybridized carbons (Fsp3) is 0.951. The molecule has 0 amide bonds. The summed E-state index contributed by atoms with van der Waals surface area (Å²) >= 11 is 0. The second kappa shape index (κ2) is 73.6. The molecule has 600 valence electrons. The first-order valence-electron chi connectivity index (χ1n) is 42.5. The van der Waals surface area contributed by atoms with Crippen LogP contribution in [0.1, 0.15) is 433 Å². The third-order valence-corrected chi connectivity index (χ3v) is 21.1. The maximum Gasteiger partial charge on any atom is 0.472 e. The van der Waals surface area contributed by atoms with E-state index in [1.165, 1.54) is 250 Å². The average molecular weight is 1480 g/mol. The maximum atomic E-state index is 13.1. The zero-order valence-electron chi connectivity index (χ0n) is 66.2. The molecule has 19 heteroatoms. The second-order valence-electron chi connectivity index (χ2n) is 30.5. The van der Waals surface area contributed by atoms with E-state index >= 15 is 0 Å². The summed E-state index contributed by atoms with van der Waals surface area (Å²) in [6.07, 6.45) is 63.9. The Morgan fingerprint density at radius 2 is 0.455 bits per heavy atom. The molecule has 0 aliphatic carbocycles. The minimum Gasteiger partial charge on any atom is -0.462 e. The van der Waals surface area contributed by atoms with Crippen molar-refractivity contribution in [3.8, 4) is 0 Å². The molecular formula is C82H160O17P2. The Bertz CT molecular complexity index is 1940. The summed E-state index contributed by atoms with van der Waals surface area (Å²) in [6, 6.07) is 0. The zero-order valence-corrected chi connectivity index (χ0v) is 68.0. The van der Waals surface area contributed by atoms with Gasteiger partial charge in [0, 0.05) is 25.7 Å². The lowest BCUT2D eigenvalue weighted by Crippen LogP contribution is -2.30. The molecule has 0 spiro atoms. The summed E-state index contributed by atoms with van der Waals surface area (Å²) in [7, 11) is -9.92. The first-order chi connectivity index (χ1) is 48.9. The van der Waals surface area contributed by atoms with Crippen LogP contribution < -0.4 is 0 Å². The van der Waals surface area contributed by atoms with E-state index in [1.54, 1.807) is 0 Å². The Morgan fingerprint density at radius 3 is 0.673 bits per heavy atom. The molecule has 0 saturated heterocycles. The number of phosphoric acid groups is 2. The fourth-order valence-corrected chi connectivity index (χ4v) is 14.3. The predicted octanol–water partition coefficient (Wildman–Crippen LogP) is 24.7. The molecule has 3 N–H and O–H groups in total. The van der Waals surface area contributed by atoms with Gasteiger partial charge in [-0.15, -0.1) is 0 Å². The van der Waals surface area contributed by atoms with E-state index in [-0.39, 0.29) is 25.7 Å². The first-order valence-corrected chi connectivity index (χ1v) is 45.5. The summed E-state index contributed by atoms with van der Waals surface area (Å²) in [6.45, 7) is 9.63. The van der Waals surface area contributed by atoms with Crippen molar-refractivity contribution in [3.63, 3.8) is 0 Å². The van der Waals surface area contributed by atoms with Gasteiger partial charge >= 0.3 is 39.5 Å². The Morgan fingerprint density at radius 1 is 0.267 bits per heavy atom. The molecule has 0 bridgehead atoms. The first kappa shape index (κ1) is 99.1. The van der Waals surface area contributed by atoms with Gasteiger partial charge in [0.05, 0.1) is 26.4 Å². The van der Waals surface area contributed by atoms with Gasteiger partial charge in [-0.05, 0) is 37.5 Å². The molecule has 0 radical (unpaired) electrons. The van der Waals surface area contributed by atoms with Crippen LogP contribution in [0.3, 0.4) is 0 Å². The Labute approximate surface area is 619 Å². The van der Waals surface area contributed by atoms with Crippen molar-refractivity contribution >= 4 is 39.5 Å². The van der Waals surface area contributed by atoms with Crippen LogP contribution in [0.25, 0.3) is 0 Å². The molecule has 5 atom stereocenters. The number of rotatable bonds is 81. The quantitative estimate of drug-likeness (QED) is 0.0222. The monoisotopic (exact) mass is 1480 g/mol. The lowest BCUT2D eigenvalue weighted by atomic mass is 10.0. The third-order valence-electron chi connectivity index (χ3n) is 19.2. The van der Waals surface area contributed by atoms with Crippen molar-refractivity contribution in [1.29, 1.82) is 0 Å². The highest BCUT2D eigenvalue weighted by Crippen LogP contribution is 2.45. The molecule has 0 aromatic rings. The fourth-order valence-electron chi connectivity index (χ4n) is 12.7. The number of carbonyl (C=O) groups is 4. The second-order valence-corrected chi connectivity index (χ2v) is 33.4. The van der Waals surface area contributed by atoms with Crippen molar-refractivity contribution in [3.05, 3.63) is 0 Å². The smallest absolute Gasteiger partial charge is 0.462 e.